The van der Waals surface area contributed by atoms with Crippen LogP contribution in [0.2, 0.25) is 0 Å². The molecule has 0 aliphatic carbocycles. The number of halogens is 2. The number of carbonyl (C=O) groups excluding carboxylic acids is 1. The number of nitrogens with zero attached hydrogens (tertiary/aromatic N) is 1. The van der Waals surface area contributed by atoms with Crippen molar-refractivity contribution in [3.63, 3.8) is 0 Å². The highest BCUT2D eigenvalue weighted by Gasteiger charge is 2.28. The minimum absolute atomic E-state index is 0. The first-order valence-corrected chi connectivity index (χ1v) is 8.17. The molecule has 1 unspecified atom stereocenters. The van der Waals surface area contributed by atoms with E-state index in [2.05, 4.69) is 38.0 Å². The third-order valence-electron chi connectivity index (χ3n) is 4.51. The number of carbonyl (C=O) groups is 1. The van der Waals surface area contributed by atoms with Crippen molar-refractivity contribution in [1.82, 2.24) is 5.32 Å². The molecule has 0 bridgehead atoms. The molecule has 0 saturated carbocycles. The van der Waals surface area contributed by atoms with E-state index in [1.165, 1.54) is 12.8 Å². The van der Waals surface area contributed by atoms with Crippen LogP contribution in [-0.4, -0.2) is 31.6 Å². The van der Waals surface area contributed by atoms with Crippen molar-refractivity contribution in [2.45, 2.75) is 46.1 Å². The van der Waals surface area contributed by atoms with Gasteiger partial charge in [0.2, 0.25) is 0 Å². The molecule has 1 aromatic carbocycles. The number of amides is 1. The Labute approximate surface area is 159 Å². The van der Waals surface area contributed by atoms with Gasteiger partial charge in [-0.05, 0) is 43.5 Å². The van der Waals surface area contributed by atoms with Crippen LogP contribution in [0.15, 0.2) is 24.3 Å². The summed E-state index contributed by atoms with van der Waals surface area (Å²) in [4.78, 5) is 14.6. The average molecular weight is 378 g/mol. The second-order valence-corrected chi connectivity index (χ2v) is 6.55. The molecule has 1 amide bonds. The van der Waals surface area contributed by atoms with Crippen LogP contribution in [-0.2, 0) is 0 Å². The monoisotopic (exact) mass is 377 g/mol. The number of anilines is 1. The Hall–Kier alpha value is -0.970. The molecule has 0 saturated heterocycles. The third kappa shape index (κ3) is 6.88. The van der Waals surface area contributed by atoms with E-state index in [4.69, 9.17) is 5.73 Å². The Kier molecular flexibility index (Phi) is 12.2. The topological polar surface area (TPSA) is 58.4 Å². The van der Waals surface area contributed by atoms with Crippen molar-refractivity contribution in [2.24, 2.45) is 11.7 Å². The smallest absolute Gasteiger partial charge is 0.251 e. The van der Waals surface area contributed by atoms with Crippen molar-refractivity contribution in [1.29, 1.82) is 0 Å². The van der Waals surface area contributed by atoms with Gasteiger partial charge in [0.05, 0.1) is 5.54 Å². The van der Waals surface area contributed by atoms with Crippen LogP contribution in [0.5, 0.6) is 0 Å². The average Bonchev–Trinajstić information content (AvgIpc) is 2.52. The number of nitrogens with two attached hydrogens (primary N) is 1. The molecule has 1 aromatic rings. The van der Waals surface area contributed by atoms with Gasteiger partial charge in [0, 0.05) is 31.4 Å². The maximum atomic E-state index is 12.4. The highest BCUT2D eigenvalue weighted by atomic mass is 35.5. The molecule has 140 valence electrons. The Balaban J connectivity index is 0. The minimum Gasteiger partial charge on any atom is -0.375 e. The Bertz CT molecular complexity index is 480. The van der Waals surface area contributed by atoms with E-state index in [0.29, 0.717) is 12.1 Å². The van der Waals surface area contributed by atoms with Crippen LogP contribution < -0.4 is 16.0 Å². The molecule has 0 aliphatic heterocycles. The van der Waals surface area contributed by atoms with Gasteiger partial charge in [0.25, 0.3) is 5.91 Å². The quantitative estimate of drug-likeness (QED) is 0.722. The molecule has 0 heterocycles. The molecule has 4 nitrogen and oxygen atoms in total. The predicted octanol–water partition coefficient (Wildman–Crippen LogP) is 3.87. The van der Waals surface area contributed by atoms with Crippen molar-refractivity contribution in [3.05, 3.63) is 29.8 Å². The van der Waals surface area contributed by atoms with Gasteiger partial charge in [-0.1, -0.05) is 27.2 Å². The summed E-state index contributed by atoms with van der Waals surface area (Å²) in [5.74, 6) is 0.213. The zero-order chi connectivity index (χ0) is 16.8. The fourth-order valence-electron chi connectivity index (χ4n) is 2.15. The summed E-state index contributed by atoms with van der Waals surface area (Å²) in [5, 5.41) is 3.06. The van der Waals surface area contributed by atoms with E-state index in [1.807, 2.05) is 31.2 Å². The Morgan fingerprint density at radius 1 is 1.25 bits per heavy atom. The number of hydrogen-bond donors (Lipinski definition) is 2. The largest absolute Gasteiger partial charge is 0.375 e. The van der Waals surface area contributed by atoms with Crippen LogP contribution >= 0.6 is 24.8 Å². The molecule has 1 atom stereocenters. The lowest BCUT2D eigenvalue weighted by atomic mass is 9.88. The first kappa shape index (κ1) is 25.3. The van der Waals surface area contributed by atoms with Crippen molar-refractivity contribution in [2.75, 3.05) is 25.0 Å². The van der Waals surface area contributed by atoms with E-state index in [0.717, 1.165) is 12.2 Å². The molecule has 0 aliphatic rings. The van der Waals surface area contributed by atoms with Gasteiger partial charge in [-0.2, -0.15) is 0 Å². The zero-order valence-electron chi connectivity index (χ0n) is 15.5. The summed E-state index contributed by atoms with van der Waals surface area (Å²) in [6.45, 7) is 9.76. The van der Waals surface area contributed by atoms with Gasteiger partial charge >= 0.3 is 0 Å². The standard InChI is InChI=1S/C18H31N3O.2ClH/c1-6-7-12-21(5)16-10-8-15(9-11-16)17(22)20-18(4,13-19)14(2)3;;/h8-11,14H,6-7,12-13,19H2,1-5H3,(H,20,22);2*1H. The maximum Gasteiger partial charge on any atom is 0.251 e. The first-order valence-electron chi connectivity index (χ1n) is 8.17. The van der Waals surface area contributed by atoms with E-state index < -0.39 is 0 Å². The van der Waals surface area contributed by atoms with E-state index in [-0.39, 0.29) is 42.2 Å². The molecule has 24 heavy (non-hydrogen) atoms. The fraction of sp³-hybridized carbons (Fsp3) is 0.611. The molecule has 0 spiro atoms. The maximum absolute atomic E-state index is 12.4. The molecule has 0 fully saturated rings. The van der Waals surface area contributed by atoms with Gasteiger partial charge in [-0.15, -0.1) is 24.8 Å². The summed E-state index contributed by atoms with van der Waals surface area (Å²) >= 11 is 0. The molecular formula is C18H33Cl2N3O. The SMILES string of the molecule is CCCCN(C)c1ccc(C(=O)NC(C)(CN)C(C)C)cc1.Cl.Cl. The van der Waals surface area contributed by atoms with Crippen LogP contribution in [0.1, 0.15) is 50.9 Å². The van der Waals surface area contributed by atoms with E-state index in [1.54, 1.807) is 0 Å². The third-order valence-corrected chi connectivity index (χ3v) is 4.51. The highest BCUT2D eigenvalue weighted by Crippen LogP contribution is 2.18. The van der Waals surface area contributed by atoms with Gasteiger partial charge in [-0.3, -0.25) is 4.79 Å². The second kappa shape index (κ2) is 11.6. The molecule has 0 aromatic heterocycles. The minimum atomic E-state index is -0.381. The summed E-state index contributed by atoms with van der Waals surface area (Å²) in [5.41, 5.74) is 7.25. The predicted molar refractivity (Wildman–Crippen MR) is 109 cm³/mol. The number of hydrogen-bond acceptors (Lipinski definition) is 3. The number of rotatable bonds is 8. The number of benzene rings is 1. The summed E-state index contributed by atoms with van der Waals surface area (Å²) < 4.78 is 0. The van der Waals surface area contributed by atoms with Crippen LogP contribution in [0, 0.1) is 5.92 Å². The van der Waals surface area contributed by atoms with Crippen LogP contribution in [0.4, 0.5) is 5.69 Å². The summed E-state index contributed by atoms with van der Waals surface area (Å²) in [7, 11) is 2.08. The Morgan fingerprint density at radius 2 is 1.79 bits per heavy atom. The van der Waals surface area contributed by atoms with Gasteiger partial charge in [0.15, 0.2) is 0 Å². The van der Waals surface area contributed by atoms with Crippen molar-refractivity contribution < 1.29 is 4.79 Å². The van der Waals surface area contributed by atoms with Gasteiger partial charge < -0.3 is 16.0 Å². The van der Waals surface area contributed by atoms with Crippen LogP contribution in [0.25, 0.3) is 0 Å². The number of nitrogens with one attached hydrogen (secondary N) is 1. The van der Waals surface area contributed by atoms with E-state index >= 15 is 0 Å². The lowest BCUT2D eigenvalue weighted by Gasteiger charge is -2.33. The lowest BCUT2D eigenvalue weighted by molar-refractivity contribution is 0.0883. The summed E-state index contributed by atoms with van der Waals surface area (Å²) in [6, 6.07) is 7.76. The zero-order valence-corrected chi connectivity index (χ0v) is 17.1. The molecule has 6 heteroatoms. The van der Waals surface area contributed by atoms with Crippen molar-refractivity contribution >= 4 is 36.4 Å². The molecule has 3 N–H and O–H groups in total. The Morgan fingerprint density at radius 3 is 2.21 bits per heavy atom. The van der Waals surface area contributed by atoms with Crippen LogP contribution in [0.3, 0.4) is 0 Å². The number of unbranched alkanes of at least 4 members (excludes halogenated alkanes) is 1. The first-order chi connectivity index (χ1) is 10.3. The normalized spacial score (nSPS) is 12.6. The fourth-order valence-corrected chi connectivity index (χ4v) is 2.15. The summed E-state index contributed by atoms with van der Waals surface area (Å²) in [6.07, 6.45) is 2.35. The van der Waals surface area contributed by atoms with Gasteiger partial charge in [0.1, 0.15) is 0 Å². The molecular weight excluding hydrogens is 345 g/mol. The molecule has 0 radical (unpaired) electrons. The van der Waals surface area contributed by atoms with Gasteiger partial charge in [-0.25, -0.2) is 0 Å². The lowest BCUT2D eigenvalue weighted by Crippen LogP contribution is -2.55. The molecule has 1 rings (SSSR count). The van der Waals surface area contributed by atoms with Crippen molar-refractivity contribution in [3.8, 4) is 0 Å². The highest BCUT2D eigenvalue weighted by molar-refractivity contribution is 5.95. The van der Waals surface area contributed by atoms with E-state index in [9.17, 15) is 4.79 Å². The second-order valence-electron chi connectivity index (χ2n) is 6.55.